The second-order valence-electron chi connectivity index (χ2n) is 4.79. The molecule has 0 aromatic heterocycles. The van der Waals surface area contributed by atoms with Gasteiger partial charge in [0.1, 0.15) is 11.6 Å². The predicted octanol–water partition coefficient (Wildman–Crippen LogP) is 4.41. The van der Waals surface area contributed by atoms with E-state index in [1.54, 1.807) is 19.1 Å². The number of anilines is 1. The van der Waals surface area contributed by atoms with Gasteiger partial charge in [0.2, 0.25) is 0 Å². The molecule has 24 heavy (non-hydrogen) atoms. The van der Waals surface area contributed by atoms with Crippen LogP contribution in [0.15, 0.2) is 42.5 Å². The molecule has 2 aromatic rings. The van der Waals surface area contributed by atoms with Gasteiger partial charge >= 0.3 is 0 Å². The van der Waals surface area contributed by atoms with Gasteiger partial charge in [-0.3, -0.25) is 10.1 Å². The molecule has 0 saturated heterocycles. The van der Waals surface area contributed by atoms with Crippen LogP contribution >= 0.6 is 35.4 Å². The Hall–Kier alpha value is -1.89. The summed E-state index contributed by atoms with van der Waals surface area (Å²) in [4.78, 5) is 12.1. The average Bonchev–Trinajstić information content (AvgIpc) is 2.52. The number of rotatable bonds is 4. The largest absolute Gasteiger partial charge is 0.479 e. The van der Waals surface area contributed by atoms with Crippen molar-refractivity contribution < 1.29 is 13.9 Å². The summed E-state index contributed by atoms with van der Waals surface area (Å²) in [6.07, 6.45) is -0.836. The topological polar surface area (TPSA) is 50.4 Å². The Labute approximate surface area is 153 Å². The van der Waals surface area contributed by atoms with Crippen LogP contribution in [0.2, 0.25) is 10.0 Å². The van der Waals surface area contributed by atoms with Crippen LogP contribution in [0.1, 0.15) is 6.92 Å². The Morgan fingerprint density at radius 2 is 1.88 bits per heavy atom. The summed E-state index contributed by atoms with van der Waals surface area (Å²) in [7, 11) is 0. The average molecular weight is 387 g/mol. The minimum atomic E-state index is -0.836. The van der Waals surface area contributed by atoms with Crippen molar-refractivity contribution >= 4 is 52.1 Å². The summed E-state index contributed by atoms with van der Waals surface area (Å²) >= 11 is 16.8. The lowest BCUT2D eigenvalue weighted by atomic mass is 10.3. The normalized spacial score (nSPS) is 11.5. The van der Waals surface area contributed by atoms with Crippen molar-refractivity contribution in [3.8, 4) is 5.75 Å². The number of nitrogens with one attached hydrogen (secondary N) is 2. The Morgan fingerprint density at radius 3 is 2.50 bits per heavy atom. The first-order valence-corrected chi connectivity index (χ1v) is 8.00. The molecule has 0 aliphatic heterocycles. The number of halogens is 3. The number of ether oxygens (including phenoxy) is 1. The van der Waals surface area contributed by atoms with Gasteiger partial charge in [-0.1, -0.05) is 23.2 Å². The van der Waals surface area contributed by atoms with Crippen LogP contribution in [0.4, 0.5) is 10.1 Å². The van der Waals surface area contributed by atoms with Crippen LogP contribution in [0.25, 0.3) is 0 Å². The molecule has 0 heterocycles. The second-order valence-corrected chi connectivity index (χ2v) is 6.04. The molecule has 2 N–H and O–H groups in total. The first-order valence-electron chi connectivity index (χ1n) is 6.84. The lowest BCUT2D eigenvalue weighted by molar-refractivity contribution is -0.125. The minimum Gasteiger partial charge on any atom is -0.479 e. The smallest absolute Gasteiger partial charge is 0.266 e. The molecule has 1 atom stereocenters. The SMILES string of the molecule is CC(Oc1ccc(Cl)cc1Cl)C(=O)NC(=S)Nc1ccc(F)cc1. The van der Waals surface area contributed by atoms with Gasteiger partial charge in [-0.25, -0.2) is 4.39 Å². The monoisotopic (exact) mass is 386 g/mol. The van der Waals surface area contributed by atoms with Crippen LogP contribution in [0, 0.1) is 5.82 Å². The van der Waals surface area contributed by atoms with E-state index in [2.05, 4.69) is 10.6 Å². The fourth-order valence-corrected chi connectivity index (χ4v) is 2.40. The van der Waals surface area contributed by atoms with Gasteiger partial charge in [0.15, 0.2) is 11.2 Å². The van der Waals surface area contributed by atoms with E-state index in [-0.39, 0.29) is 10.9 Å². The third kappa shape index (κ3) is 5.33. The number of hydrogen-bond acceptors (Lipinski definition) is 3. The molecule has 1 amide bonds. The summed E-state index contributed by atoms with van der Waals surface area (Å²) in [5.74, 6) is -0.487. The maximum absolute atomic E-state index is 12.8. The predicted molar refractivity (Wildman–Crippen MR) is 97.3 cm³/mol. The Morgan fingerprint density at radius 1 is 1.21 bits per heavy atom. The van der Waals surface area contributed by atoms with E-state index in [1.165, 1.54) is 30.3 Å². The van der Waals surface area contributed by atoms with Gasteiger partial charge < -0.3 is 10.1 Å². The van der Waals surface area contributed by atoms with E-state index in [0.29, 0.717) is 21.5 Å². The quantitative estimate of drug-likeness (QED) is 0.763. The highest BCUT2D eigenvalue weighted by atomic mass is 35.5. The zero-order valence-corrected chi connectivity index (χ0v) is 14.8. The molecule has 2 rings (SSSR count). The van der Waals surface area contributed by atoms with Crippen LogP contribution in [0.3, 0.4) is 0 Å². The van der Waals surface area contributed by atoms with Crippen LogP contribution in [0.5, 0.6) is 5.75 Å². The molecular weight excluding hydrogens is 374 g/mol. The highest BCUT2D eigenvalue weighted by Gasteiger charge is 2.17. The van der Waals surface area contributed by atoms with Gasteiger partial charge in [-0.05, 0) is 61.6 Å². The van der Waals surface area contributed by atoms with Gasteiger partial charge in [-0.2, -0.15) is 0 Å². The molecule has 4 nitrogen and oxygen atoms in total. The minimum absolute atomic E-state index is 0.0734. The lowest BCUT2D eigenvalue weighted by Gasteiger charge is -2.16. The number of amides is 1. The number of carbonyl (C=O) groups excluding carboxylic acids is 1. The van der Waals surface area contributed by atoms with Gasteiger partial charge in [0.25, 0.3) is 5.91 Å². The van der Waals surface area contributed by atoms with Crippen LogP contribution in [-0.2, 0) is 4.79 Å². The molecule has 0 aliphatic carbocycles. The molecule has 0 aliphatic rings. The fraction of sp³-hybridized carbons (Fsp3) is 0.125. The molecule has 8 heteroatoms. The molecule has 126 valence electrons. The van der Waals surface area contributed by atoms with E-state index < -0.39 is 12.0 Å². The zero-order valence-electron chi connectivity index (χ0n) is 12.5. The van der Waals surface area contributed by atoms with Crippen molar-refractivity contribution in [2.45, 2.75) is 13.0 Å². The number of benzene rings is 2. The first-order chi connectivity index (χ1) is 11.3. The molecule has 0 fully saturated rings. The van der Waals surface area contributed by atoms with E-state index in [1.807, 2.05) is 0 Å². The molecule has 2 aromatic carbocycles. The fourth-order valence-electron chi connectivity index (χ4n) is 1.72. The number of thiocarbonyl (C=S) groups is 1. The highest BCUT2D eigenvalue weighted by Crippen LogP contribution is 2.28. The zero-order chi connectivity index (χ0) is 17.7. The Balaban J connectivity index is 1.90. The summed E-state index contributed by atoms with van der Waals surface area (Å²) in [6, 6.07) is 10.3. The van der Waals surface area contributed by atoms with Crippen molar-refractivity contribution in [1.82, 2.24) is 5.32 Å². The number of carbonyl (C=O) groups is 1. The third-order valence-corrected chi connectivity index (χ3v) is 3.64. The van der Waals surface area contributed by atoms with Crippen molar-refractivity contribution in [2.24, 2.45) is 0 Å². The molecule has 0 radical (unpaired) electrons. The Bertz CT molecular complexity index is 756. The molecule has 1 unspecified atom stereocenters. The summed E-state index contributed by atoms with van der Waals surface area (Å²) in [6.45, 7) is 1.56. The summed E-state index contributed by atoms with van der Waals surface area (Å²) < 4.78 is 18.3. The summed E-state index contributed by atoms with van der Waals surface area (Å²) in [5, 5.41) is 6.10. The maximum atomic E-state index is 12.8. The molecular formula is C16H13Cl2FN2O2S. The van der Waals surface area contributed by atoms with E-state index in [4.69, 9.17) is 40.2 Å². The molecule has 0 saturated carbocycles. The Kier molecular flexibility index (Phi) is 6.36. The molecule has 0 bridgehead atoms. The van der Waals surface area contributed by atoms with Gasteiger partial charge in [0.05, 0.1) is 5.02 Å². The van der Waals surface area contributed by atoms with E-state index >= 15 is 0 Å². The maximum Gasteiger partial charge on any atom is 0.266 e. The van der Waals surface area contributed by atoms with E-state index in [9.17, 15) is 9.18 Å². The molecule has 0 spiro atoms. The third-order valence-electron chi connectivity index (χ3n) is 2.91. The van der Waals surface area contributed by atoms with Crippen molar-refractivity contribution in [3.05, 3.63) is 58.3 Å². The van der Waals surface area contributed by atoms with Crippen molar-refractivity contribution in [1.29, 1.82) is 0 Å². The first kappa shape index (κ1) is 18.4. The van der Waals surface area contributed by atoms with Crippen LogP contribution < -0.4 is 15.4 Å². The standard InChI is InChI=1S/C16H13Cl2FN2O2S/c1-9(23-14-7-2-10(17)8-13(14)18)15(22)21-16(24)20-12-5-3-11(19)4-6-12/h2-9H,1H3,(H2,20,21,22,24). The summed E-state index contributed by atoms with van der Waals surface area (Å²) in [5.41, 5.74) is 0.552. The van der Waals surface area contributed by atoms with E-state index in [0.717, 1.165) is 0 Å². The van der Waals surface area contributed by atoms with Gasteiger partial charge in [0, 0.05) is 10.7 Å². The van der Waals surface area contributed by atoms with Crippen molar-refractivity contribution in [3.63, 3.8) is 0 Å². The second kappa shape index (κ2) is 8.28. The van der Waals surface area contributed by atoms with Crippen LogP contribution in [-0.4, -0.2) is 17.1 Å². The lowest BCUT2D eigenvalue weighted by Crippen LogP contribution is -2.42. The van der Waals surface area contributed by atoms with Crippen molar-refractivity contribution in [2.75, 3.05) is 5.32 Å². The highest BCUT2D eigenvalue weighted by molar-refractivity contribution is 7.80. The number of hydrogen-bond donors (Lipinski definition) is 2. The van der Waals surface area contributed by atoms with Gasteiger partial charge in [-0.15, -0.1) is 0 Å².